The van der Waals surface area contributed by atoms with Crippen molar-refractivity contribution in [2.24, 2.45) is 5.92 Å². The van der Waals surface area contributed by atoms with Gasteiger partial charge in [0.1, 0.15) is 0 Å². The molecule has 18 heavy (non-hydrogen) atoms. The summed E-state index contributed by atoms with van der Waals surface area (Å²) in [6.07, 6.45) is 3.37. The van der Waals surface area contributed by atoms with Crippen LogP contribution < -0.4 is 10.5 Å². The van der Waals surface area contributed by atoms with Crippen LogP contribution >= 0.6 is 0 Å². The summed E-state index contributed by atoms with van der Waals surface area (Å²) in [4.78, 5) is 0.252. The second kappa shape index (κ2) is 4.90. The number of anilines is 1. The molecule has 1 fully saturated rings. The Hall–Kier alpha value is -1.07. The maximum Gasteiger partial charge on any atom is 0.240 e. The summed E-state index contributed by atoms with van der Waals surface area (Å²) in [6, 6.07) is 4.87. The number of rotatable bonds is 5. The molecule has 0 amide bonds. The van der Waals surface area contributed by atoms with E-state index in [0.717, 1.165) is 12.0 Å². The van der Waals surface area contributed by atoms with Crippen molar-refractivity contribution >= 4 is 15.7 Å². The van der Waals surface area contributed by atoms with Crippen LogP contribution in [-0.2, 0) is 10.0 Å². The lowest BCUT2D eigenvalue weighted by Crippen LogP contribution is -2.33. The van der Waals surface area contributed by atoms with Gasteiger partial charge >= 0.3 is 0 Å². The van der Waals surface area contributed by atoms with Crippen LogP contribution in [0.5, 0.6) is 0 Å². The van der Waals surface area contributed by atoms with Gasteiger partial charge in [0.05, 0.1) is 4.90 Å². The molecule has 1 aliphatic carbocycles. The summed E-state index contributed by atoms with van der Waals surface area (Å²) in [5.41, 5.74) is 7.01. The highest BCUT2D eigenvalue weighted by Gasteiger charge is 2.26. The summed E-state index contributed by atoms with van der Waals surface area (Å²) in [5.74, 6) is 0.699. The smallest absolute Gasteiger partial charge is 0.240 e. The van der Waals surface area contributed by atoms with Gasteiger partial charge in [-0.25, -0.2) is 13.1 Å². The number of nitrogens with two attached hydrogens (primary N) is 1. The van der Waals surface area contributed by atoms with E-state index in [1.54, 1.807) is 12.1 Å². The molecule has 0 heterocycles. The predicted molar refractivity (Wildman–Crippen MR) is 72.7 cm³/mol. The van der Waals surface area contributed by atoms with E-state index >= 15 is 0 Å². The normalized spacial score (nSPS) is 17.7. The van der Waals surface area contributed by atoms with Gasteiger partial charge in [0, 0.05) is 11.7 Å². The van der Waals surface area contributed by atoms with Crippen molar-refractivity contribution < 1.29 is 8.42 Å². The number of nitrogen functional groups attached to an aromatic ring is 1. The number of hydrogen-bond donors (Lipinski definition) is 2. The quantitative estimate of drug-likeness (QED) is 0.803. The average molecular weight is 268 g/mol. The van der Waals surface area contributed by atoms with E-state index in [1.807, 2.05) is 13.8 Å². The molecule has 0 bridgehead atoms. The van der Waals surface area contributed by atoms with Crippen LogP contribution in [0.15, 0.2) is 23.1 Å². The largest absolute Gasteiger partial charge is 0.399 e. The minimum atomic E-state index is -3.45. The van der Waals surface area contributed by atoms with E-state index in [4.69, 9.17) is 5.73 Å². The summed E-state index contributed by atoms with van der Waals surface area (Å²) >= 11 is 0. The first-order valence-electron chi connectivity index (χ1n) is 6.26. The second-order valence-electron chi connectivity index (χ2n) is 5.28. The van der Waals surface area contributed by atoms with E-state index in [2.05, 4.69) is 4.72 Å². The fourth-order valence-electron chi connectivity index (χ4n) is 2.17. The third kappa shape index (κ3) is 3.46. The monoisotopic (exact) mass is 268 g/mol. The fraction of sp³-hybridized carbons (Fsp3) is 0.538. The van der Waals surface area contributed by atoms with Gasteiger partial charge in [0.2, 0.25) is 10.0 Å². The Morgan fingerprint density at radius 3 is 2.61 bits per heavy atom. The lowest BCUT2D eigenvalue weighted by Gasteiger charge is -2.14. The molecule has 3 N–H and O–H groups in total. The predicted octanol–water partition coefficient (Wildman–Crippen LogP) is 2.04. The Balaban J connectivity index is 2.13. The standard InChI is InChI=1S/C13H20N2O2S/c1-9-5-12(14)8-13(6-9)18(16,17)15-10(2)7-11-3-4-11/h5-6,8,10-11,15H,3-4,7,14H2,1-2H3. The van der Waals surface area contributed by atoms with Gasteiger partial charge in [0.15, 0.2) is 0 Å². The highest BCUT2D eigenvalue weighted by atomic mass is 32.2. The van der Waals surface area contributed by atoms with E-state index in [-0.39, 0.29) is 10.9 Å². The van der Waals surface area contributed by atoms with Crippen molar-refractivity contribution in [2.45, 2.75) is 44.0 Å². The molecule has 0 aliphatic heterocycles. The Labute approximate surface area is 109 Å². The van der Waals surface area contributed by atoms with Crippen molar-refractivity contribution in [3.8, 4) is 0 Å². The third-order valence-corrected chi connectivity index (χ3v) is 4.69. The Kier molecular flexibility index (Phi) is 3.64. The van der Waals surface area contributed by atoms with Gasteiger partial charge in [-0.1, -0.05) is 12.8 Å². The van der Waals surface area contributed by atoms with Crippen LogP contribution in [-0.4, -0.2) is 14.5 Å². The molecule has 1 unspecified atom stereocenters. The van der Waals surface area contributed by atoms with Crippen LogP contribution in [0.2, 0.25) is 0 Å². The van der Waals surface area contributed by atoms with Crippen molar-refractivity contribution in [1.29, 1.82) is 0 Å². The molecule has 1 atom stereocenters. The van der Waals surface area contributed by atoms with Crippen LogP contribution in [0.3, 0.4) is 0 Å². The number of hydrogen-bond acceptors (Lipinski definition) is 3. The van der Waals surface area contributed by atoms with E-state index < -0.39 is 10.0 Å². The van der Waals surface area contributed by atoms with Gasteiger partial charge in [-0.05, 0) is 49.9 Å². The summed E-state index contributed by atoms with van der Waals surface area (Å²) < 4.78 is 27.1. The minimum absolute atomic E-state index is 0.0239. The zero-order valence-electron chi connectivity index (χ0n) is 10.8. The van der Waals surface area contributed by atoms with Gasteiger partial charge in [0.25, 0.3) is 0 Å². The summed E-state index contributed by atoms with van der Waals surface area (Å²) in [6.45, 7) is 3.75. The van der Waals surface area contributed by atoms with E-state index in [1.165, 1.54) is 18.9 Å². The first-order valence-corrected chi connectivity index (χ1v) is 7.74. The molecule has 5 heteroatoms. The van der Waals surface area contributed by atoms with Crippen molar-refractivity contribution in [1.82, 2.24) is 4.72 Å². The molecule has 1 aromatic rings. The SMILES string of the molecule is Cc1cc(N)cc(S(=O)(=O)NC(C)CC2CC2)c1. The van der Waals surface area contributed by atoms with Gasteiger partial charge in [-0.15, -0.1) is 0 Å². The first kappa shape index (κ1) is 13.4. The minimum Gasteiger partial charge on any atom is -0.399 e. The Morgan fingerprint density at radius 1 is 1.39 bits per heavy atom. The fourth-order valence-corrected chi connectivity index (χ4v) is 3.56. The highest BCUT2D eigenvalue weighted by molar-refractivity contribution is 7.89. The molecule has 4 nitrogen and oxygen atoms in total. The van der Waals surface area contributed by atoms with E-state index in [0.29, 0.717) is 11.6 Å². The molecular formula is C13H20N2O2S. The number of aryl methyl sites for hydroxylation is 1. The van der Waals surface area contributed by atoms with Crippen molar-refractivity contribution in [3.63, 3.8) is 0 Å². The molecule has 1 aromatic carbocycles. The molecule has 0 spiro atoms. The number of nitrogens with one attached hydrogen (secondary N) is 1. The lowest BCUT2D eigenvalue weighted by molar-refractivity contribution is 0.530. The average Bonchev–Trinajstić information content (AvgIpc) is 2.98. The summed E-state index contributed by atoms with van der Waals surface area (Å²) in [5, 5.41) is 0. The molecule has 100 valence electrons. The van der Waals surface area contributed by atoms with Crippen LogP contribution in [0.1, 0.15) is 31.7 Å². The second-order valence-corrected chi connectivity index (χ2v) is 6.99. The van der Waals surface area contributed by atoms with Crippen molar-refractivity contribution in [3.05, 3.63) is 23.8 Å². The summed E-state index contributed by atoms with van der Waals surface area (Å²) in [7, 11) is -3.45. The molecule has 0 aromatic heterocycles. The van der Waals surface area contributed by atoms with Crippen LogP contribution in [0, 0.1) is 12.8 Å². The molecule has 0 radical (unpaired) electrons. The van der Waals surface area contributed by atoms with Gasteiger partial charge < -0.3 is 5.73 Å². The zero-order chi connectivity index (χ0) is 13.3. The molecule has 1 aliphatic rings. The van der Waals surface area contributed by atoms with Gasteiger partial charge in [-0.3, -0.25) is 0 Å². The van der Waals surface area contributed by atoms with Crippen LogP contribution in [0.25, 0.3) is 0 Å². The maximum absolute atomic E-state index is 12.2. The maximum atomic E-state index is 12.2. The van der Waals surface area contributed by atoms with Crippen LogP contribution in [0.4, 0.5) is 5.69 Å². The zero-order valence-corrected chi connectivity index (χ0v) is 11.6. The number of sulfonamides is 1. The molecular weight excluding hydrogens is 248 g/mol. The van der Waals surface area contributed by atoms with E-state index in [9.17, 15) is 8.42 Å². The third-order valence-electron chi connectivity index (χ3n) is 3.12. The molecule has 2 rings (SSSR count). The highest BCUT2D eigenvalue weighted by Crippen LogP contribution is 2.33. The molecule has 1 saturated carbocycles. The Bertz CT molecular complexity index is 516. The topological polar surface area (TPSA) is 72.2 Å². The first-order chi connectivity index (χ1) is 8.37. The van der Waals surface area contributed by atoms with Gasteiger partial charge in [-0.2, -0.15) is 0 Å². The van der Waals surface area contributed by atoms with Crippen molar-refractivity contribution in [2.75, 3.05) is 5.73 Å². The molecule has 0 saturated heterocycles. The Morgan fingerprint density at radius 2 is 2.06 bits per heavy atom. The lowest BCUT2D eigenvalue weighted by atomic mass is 10.2. The number of benzene rings is 1.